The molecule has 0 rings (SSSR count). The van der Waals surface area contributed by atoms with E-state index in [4.69, 9.17) is 5.11 Å². The molecule has 6 nitrogen and oxygen atoms in total. The molecule has 6 heteroatoms. The molecule has 3 atom stereocenters. The summed E-state index contributed by atoms with van der Waals surface area (Å²) in [5.41, 5.74) is 0. The Morgan fingerprint density at radius 1 is 0.870 bits per heavy atom. The van der Waals surface area contributed by atoms with Crippen molar-refractivity contribution in [3.8, 4) is 0 Å². The molecule has 0 unspecified atom stereocenters. The molecule has 0 bridgehead atoms. The van der Waals surface area contributed by atoms with Gasteiger partial charge in [0.15, 0.2) is 0 Å². The molecule has 0 aliphatic heterocycles. The highest BCUT2D eigenvalue weighted by atomic mass is 16.4. The summed E-state index contributed by atoms with van der Waals surface area (Å²) in [5, 5.41) is 39.4. The number of aliphatic hydroxyl groups excluding tert-OH is 4. The first-order valence-corrected chi connectivity index (χ1v) is 8.94. The van der Waals surface area contributed by atoms with Gasteiger partial charge >= 0.3 is 0 Å². The second kappa shape index (κ2) is 14.9. The third kappa shape index (κ3) is 12.4. The molecular formula is C17H35NO5. The predicted molar refractivity (Wildman–Crippen MR) is 90.0 cm³/mol. The Hall–Kier alpha value is -0.690. The van der Waals surface area contributed by atoms with Crippen LogP contribution in [0.25, 0.3) is 0 Å². The fraction of sp³-hybridized carbons (Fsp3) is 0.941. The van der Waals surface area contributed by atoms with Crippen LogP contribution in [-0.2, 0) is 4.79 Å². The van der Waals surface area contributed by atoms with Crippen LogP contribution in [0.15, 0.2) is 0 Å². The second-order valence-corrected chi connectivity index (χ2v) is 6.19. The van der Waals surface area contributed by atoms with Gasteiger partial charge in [-0.1, -0.05) is 58.3 Å². The number of carbonyl (C=O) groups is 1. The summed E-state index contributed by atoms with van der Waals surface area (Å²) in [5.74, 6) is -0.169. The van der Waals surface area contributed by atoms with Gasteiger partial charge in [-0.15, -0.1) is 0 Å². The Kier molecular flexibility index (Phi) is 14.4. The molecule has 0 radical (unpaired) electrons. The first kappa shape index (κ1) is 22.3. The van der Waals surface area contributed by atoms with E-state index in [1.807, 2.05) is 0 Å². The molecule has 0 aromatic rings. The first-order valence-electron chi connectivity index (χ1n) is 8.94. The van der Waals surface area contributed by atoms with Crippen molar-refractivity contribution in [3.05, 3.63) is 0 Å². The van der Waals surface area contributed by atoms with Crippen molar-refractivity contribution >= 4 is 5.91 Å². The molecule has 0 aliphatic carbocycles. The minimum Gasteiger partial charge on any atom is -0.394 e. The summed E-state index contributed by atoms with van der Waals surface area (Å²) in [6.45, 7) is 1.44. The zero-order valence-corrected chi connectivity index (χ0v) is 14.4. The van der Waals surface area contributed by atoms with Crippen molar-refractivity contribution in [2.24, 2.45) is 0 Å². The number of hydrogen-bond acceptors (Lipinski definition) is 5. The molecule has 1 amide bonds. The monoisotopic (exact) mass is 333 g/mol. The maximum absolute atomic E-state index is 11.6. The highest BCUT2D eigenvalue weighted by Crippen LogP contribution is 2.10. The number of hydrogen-bond donors (Lipinski definition) is 5. The fourth-order valence-corrected chi connectivity index (χ4v) is 2.39. The minimum atomic E-state index is -1.46. The highest BCUT2D eigenvalue weighted by Gasteiger charge is 2.24. The molecule has 0 spiro atoms. The molecular weight excluding hydrogens is 298 g/mol. The average Bonchev–Trinajstić information content (AvgIpc) is 2.56. The van der Waals surface area contributed by atoms with Gasteiger partial charge in [0.05, 0.1) is 12.7 Å². The van der Waals surface area contributed by atoms with Gasteiger partial charge in [-0.05, 0) is 6.42 Å². The van der Waals surface area contributed by atoms with Crippen molar-refractivity contribution in [1.82, 2.24) is 5.32 Å². The first-order chi connectivity index (χ1) is 11.0. The fourth-order valence-electron chi connectivity index (χ4n) is 2.39. The summed E-state index contributed by atoms with van der Waals surface area (Å²) in [4.78, 5) is 11.6. The van der Waals surface area contributed by atoms with Crippen LogP contribution in [0.3, 0.4) is 0 Å². The Morgan fingerprint density at radius 3 is 1.91 bits per heavy atom. The van der Waals surface area contributed by atoms with Crippen molar-refractivity contribution < 1.29 is 25.2 Å². The van der Waals surface area contributed by atoms with Crippen LogP contribution < -0.4 is 5.32 Å². The maximum atomic E-state index is 11.6. The van der Waals surface area contributed by atoms with E-state index in [9.17, 15) is 20.1 Å². The van der Waals surface area contributed by atoms with E-state index in [1.165, 1.54) is 38.5 Å². The Balaban J connectivity index is 3.50. The van der Waals surface area contributed by atoms with E-state index in [0.717, 1.165) is 19.3 Å². The van der Waals surface area contributed by atoms with Gasteiger partial charge in [-0.25, -0.2) is 0 Å². The summed E-state index contributed by atoms with van der Waals surface area (Å²) >= 11 is 0. The SMILES string of the molecule is CCCCCCCCCCCC(=O)NC[C@@H](O)[C@H](O)[C@@H](O)CO. The van der Waals surface area contributed by atoms with Crippen LogP contribution in [-0.4, -0.2) is 57.8 Å². The lowest BCUT2D eigenvalue weighted by molar-refractivity contribution is -0.123. The second-order valence-electron chi connectivity index (χ2n) is 6.19. The number of amides is 1. The Bertz CT molecular complexity index is 288. The molecule has 5 N–H and O–H groups in total. The van der Waals surface area contributed by atoms with Gasteiger partial charge < -0.3 is 25.7 Å². The number of unbranched alkanes of at least 4 members (excludes halogenated alkanes) is 8. The molecule has 23 heavy (non-hydrogen) atoms. The Morgan fingerprint density at radius 2 is 1.39 bits per heavy atom. The zero-order chi connectivity index (χ0) is 17.5. The Labute approximate surface area is 139 Å². The van der Waals surface area contributed by atoms with E-state index in [0.29, 0.717) is 6.42 Å². The van der Waals surface area contributed by atoms with E-state index >= 15 is 0 Å². The zero-order valence-electron chi connectivity index (χ0n) is 14.4. The molecule has 0 saturated heterocycles. The van der Waals surface area contributed by atoms with Gasteiger partial charge in [0.25, 0.3) is 0 Å². The van der Waals surface area contributed by atoms with E-state index in [2.05, 4.69) is 12.2 Å². The van der Waals surface area contributed by atoms with Gasteiger partial charge in [0.2, 0.25) is 5.91 Å². The quantitative estimate of drug-likeness (QED) is 0.288. The molecule has 0 heterocycles. The maximum Gasteiger partial charge on any atom is 0.220 e. The lowest BCUT2D eigenvalue weighted by atomic mass is 10.1. The van der Waals surface area contributed by atoms with Crippen LogP contribution in [0.1, 0.15) is 71.1 Å². The van der Waals surface area contributed by atoms with E-state index in [-0.39, 0.29) is 12.5 Å². The van der Waals surface area contributed by atoms with Gasteiger partial charge in [-0.2, -0.15) is 0 Å². The molecule has 0 saturated carbocycles. The molecule has 0 aliphatic rings. The van der Waals surface area contributed by atoms with Crippen LogP contribution >= 0.6 is 0 Å². The average molecular weight is 333 g/mol. The number of nitrogens with one attached hydrogen (secondary N) is 1. The third-order valence-electron chi connectivity index (χ3n) is 3.99. The van der Waals surface area contributed by atoms with Crippen LogP contribution in [0.2, 0.25) is 0 Å². The lowest BCUT2D eigenvalue weighted by Gasteiger charge is -2.21. The topological polar surface area (TPSA) is 110 Å². The van der Waals surface area contributed by atoms with Crippen molar-refractivity contribution in [2.75, 3.05) is 13.2 Å². The van der Waals surface area contributed by atoms with Crippen molar-refractivity contribution in [2.45, 2.75) is 89.4 Å². The molecule has 0 aromatic carbocycles. The van der Waals surface area contributed by atoms with E-state index in [1.54, 1.807) is 0 Å². The number of rotatable bonds is 15. The van der Waals surface area contributed by atoms with Gasteiger partial charge in [-0.3, -0.25) is 4.79 Å². The summed E-state index contributed by atoms with van der Waals surface area (Å²) in [6.07, 6.45) is 6.91. The smallest absolute Gasteiger partial charge is 0.220 e. The van der Waals surface area contributed by atoms with Crippen LogP contribution in [0, 0.1) is 0 Å². The van der Waals surface area contributed by atoms with Gasteiger partial charge in [0, 0.05) is 13.0 Å². The lowest BCUT2D eigenvalue weighted by Crippen LogP contribution is -2.45. The standard InChI is InChI=1S/C17H35NO5/c1-2-3-4-5-6-7-8-9-10-11-16(22)18-12-14(20)17(23)15(21)13-19/h14-15,17,19-21,23H,2-13H2,1H3,(H,18,22)/t14-,15+,17+/m1/s1. The van der Waals surface area contributed by atoms with Crippen LogP contribution in [0.4, 0.5) is 0 Å². The summed E-state index contributed by atoms with van der Waals surface area (Å²) in [7, 11) is 0. The van der Waals surface area contributed by atoms with Crippen molar-refractivity contribution in [3.63, 3.8) is 0 Å². The minimum absolute atomic E-state index is 0.130. The van der Waals surface area contributed by atoms with Gasteiger partial charge in [0.1, 0.15) is 12.2 Å². The predicted octanol–water partition coefficient (Wildman–Crippen LogP) is 1.10. The van der Waals surface area contributed by atoms with Crippen LogP contribution in [0.5, 0.6) is 0 Å². The molecule has 0 aromatic heterocycles. The summed E-state index contributed by atoms with van der Waals surface area (Å²) in [6, 6.07) is 0. The number of aliphatic hydroxyl groups is 4. The summed E-state index contributed by atoms with van der Waals surface area (Å²) < 4.78 is 0. The molecule has 138 valence electrons. The van der Waals surface area contributed by atoms with E-state index < -0.39 is 24.9 Å². The number of carbonyl (C=O) groups excluding carboxylic acids is 1. The van der Waals surface area contributed by atoms with Crippen molar-refractivity contribution in [1.29, 1.82) is 0 Å². The molecule has 0 fully saturated rings. The normalized spacial score (nSPS) is 15.2. The highest BCUT2D eigenvalue weighted by molar-refractivity contribution is 5.75. The largest absolute Gasteiger partial charge is 0.394 e. The third-order valence-corrected chi connectivity index (χ3v) is 3.99.